The van der Waals surface area contributed by atoms with Gasteiger partial charge in [-0.1, -0.05) is 79.7 Å². The number of likely N-dealkylation sites (N-methyl/N-ethyl adjacent to an activating group) is 2. The van der Waals surface area contributed by atoms with Gasteiger partial charge < -0.3 is 14.4 Å². The van der Waals surface area contributed by atoms with Crippen LogP contribution in [0.3, 0.4) is 0 Å². The summed E-state index contributed by atoms with van der Waals surface area (Å²) in [6.45, 7) is 3.19. The smallest absolute Gasteiger partial charge is 0.160 e. The second-order valence-corrected chi connectivity index (χ2v) is 10.6. The third-order valence-electron chi connectivity index (χ3n) is 8.33. The number of hydrogen-bond donors (Lipinski definition) is 0. The number of methoxy groups -OCH3 is 2. The standard InChI is InChI=1S/C34H41N3O2/c1-6-26-20-22-37(21-19-25-17-18-30(38-4)31(23-25)39-5)24-29(26)34-35(2)32(27-13-9-7-10-14-27)33(36(34)3)28-15-11-8-12-16-28/h7-18,20,22-24,26,32-34H,6,19,21H2,1-5H3/t26-,32+,33+/m1/s1. The summed E-state index contributed by atoms with van der Waals surface area (Å²) in [7, 11) is 7.95. The van der Waals surface area contributed by atoms with Gasteiger partial charge in [-0.3, -0.25) is 9.80 Å². The summed E-state index contributed by atoms with van der Waals surface area (Å²) in [5.41, 5.74) is 5.40. The largest absolute Gasteiger partial charge is 0.493 e. The van der Waals surface area contributed by atoms with Crippen LogP contribution in [-0.2, 0) is 6.42 Å². The number of allylic oxidation sites excluding steroid dienone is 1. The summed E-state index contributed by atoms with van der Waals surface area (Å²) < 4.78 is 10.9. The molecule has 0 spiro atoms. The second-order valence-electron chi connectivity index (χ2n) is 10.6. The fraction of sp³-hybridized carbons (Fsp3) is 0.353. The van der Waals surface area contributed by atoms with Crippen LogP contribution in [0.1, 0.15) is 42.1 Å². The lowest BCUT2D eigenvalue weighted by Gasteiger charge is -2.36. The van der Waals surface area contributed by atoms with Crippen molar-refractivity contribution in [1.29, 1.82) is 0 Å². The van der Waals surface area contributed by atoms with Gasteiger partial charge in [0.05, 0.1) is 32.5 Å². The first-order chi connectivity index (χ1) is 19.0. The van der Waals surface area contributed by atoms with Crippen molar-refractivity contribution >= 4 is 0 Å². The molecule has 2 aliphatic rings. The van der Waals surface area contributed by atoms with Crippen molar-refractivity contribution in [2.24, 2.45) is 5.92 Å². The van der Waals surface area contributed by atoms with Gasteiger partial charge in [-0.2, -0.15) is 0 Å². The van der Waals surface area contributed by atoms with Gasteiger partial charge >= 0.3 is 0 Å². The van der Waals surface area contributed by atoms with Gasteiger partial charge in [0.1, 0.15) is 0 Å². The Morgan fingerprint density at radius 2 is 1.33 bits per heavy atom. The van der Waals surface area contributed by atoms with Gasteiger partial charge in [-0.05, 0) is 61.3 Å². The van der Waals surface area contributed by atoms with Crippen LogP contribution < -0.4 is 9.47 Å². The lowest BCUT2D eigenvalue weighted by molar-refractivity contribution is 0.182. The normalized spacial score (nSPS) is 22.2. The highest BCUT2D eigenvalue weighted by atomic mass is 16.5. The van der Waals surface area contributed by atoms with Crippen LogP contribution in [0.2, 0.25) is 0 Å². The maximum atomic E-state index is 5.52. The van der Waals surface area contributed by atoms with E-state index in [-0.39, 0.29) is 18.2 Å². The monoisotopic (exact) mass is 523 g/mol. The van der Waals surface area contributed by atoms with Crippen molar-refractivity contribution < 1.29 is 9.47 Å². The maximum Gasteiger partial charge on any atom is 0.160 e. The molecule has 0 aliphatic carbocycles. The molecular formula is C34H41N3O2. The molecule has 0 aromatic heterocycles. The molecule has 1 saturated heterocycles. The van der Waals surface area contributed by atoms with Crippen LogP contribution >= 0.6 is 0 Å². The van der Waals surface area contributed by atoms with Crippen molar-refractivity contribution in [2.45, 2.75) is 38.0 Å². The third-order valence-corrected chi connectivity index (χ3v) is 8.33. The minimum Gasteiger partial charge on any atom is -0.493 e. The van der Waals surface area contributed by atoms with E-state index in [0.717, 1.165) is 30.9 Å². The molecule has 3 aromatic carbocycles. The predicted molar refractivity (Wildman–Crippen MR) is 159 cm³/mol. The van der Waals surface area contributed by atoms with E-state index in [1.54, 1.807) is 14.2 Å². The van der Waals surface area contributed by atoms with Crippen LogP contribution in [0.4, 0.5) is 0 Å². The molecule has 0 bridgehead atoms. The van der Waals surface area contributed by atoms with Crippen molar-refractivity contribution in [2.75, 3.05) is 34.9 Å². The first-order valence-corrected chi connectivity index (χ1v) is 14.0. The number of rotatable bonds is 9. The maximum absolute atomic E-state index is 5.52. The van der Waals surface area contributed by atoms with Gasteiger partial charge in [0.15, 0.2) is 11.5 Å². The van der Waals surface area contributed by atoms with Crippen molar-refractivity contribution in [3.8, 4) is 11.5 Å². The fourth-order valence-corrected chi connectivity index (χ4v) is 6.36. The highest BCUT2D eigenvalue weighted by Crippen LogP contribution is 2.48. The summed E-state index contributed by atoms with van der Waals surface area (Å²) in [5.74, 6) is 1.95. The zero-order valence-electron chi connectivity index (χ0n) is 23.8. The average Bonchev–Trinajstić information content (AvgIpc) is 3.25. The molecule has 3 aromatic rings. The second kappa shape index (κ2) is 12.1. The molecule has 3 atom stereocenters. The summed E-state index contributed by atoms with van der Waals surface area (Å²) in [6.07, 6.45) is 9.24. The Morgan fingerprint density at radius 1 is 0.744 bits per heavy atom. The topological polar surface area (TPSA) is 28.2 Å². The van der Waals surface area contributed by atoms with E-state index in [9.17, 15) is 0 Å². The van der Waals surface area contributed by atoms with Crippen molar-refractivity contribution in [1.82, 2.24) is 14.7 Å². The minimum atomic E-state index is 0.193. The van der Waals surface area contributed by atoms with Crippen LogP contribution in [0.5, 0.6) is 11.5 Å². The van der Waals surface area contributed by atoms with E-state index in [1.165, 1.54) is 22.3 Å². The van der Waals surface area contributed by atoms with Gasteiger partial charge in [0.2, 0.25) is 0 Å². The molecule has 0 amide bonds. The van der Waals surface area contributed by atoms with Gasteiger partial charge in [0.25, 0.3) is 0 Å². The van der Waals surface area contributed by atoms with Crippen molar-refractivity contribution in [3.63, 3.8) is 0 Å². The highest BCUT2D eigenvalue weighted by molar-refractivity contribution is 5.43. The molecule has 5 heteroatoms. The Labute approximate surface area is 234 Å². The molecule has 0 radical (unpaired) electrons. The van der Waals surface area contributed by atoms with Crippen LogP contribution in [0.25, 0.3) is 0 Å². The molecule has 2 heterocycles. The molecular weight excluding hydrogens is 482 g/mol. The van der Waals surface area contributed by atoms with E-state index in [0.29, 0.717) is 5.92 Å². The minimum absolute atomic E-state index is 0.193. The number of nitrogens with zero attached hydrogens (tertiary/aromatic N) is 3. The molecule has 5 nitrogen and oxygen atoms in total. The molecule has 204 valence electrons. The Balaban J connectivity index is 1.44. The summed E-state index contributed by atoms with van der Waals surface area (Å²) >= 11 is 0. The SMILES string of the molecule is CC[C@@H]1C=CN(CCc2ccc(OC)c(OC)c2)C=C1C1N(C)[C@@H](c2ccccc2)[C@H](c2ccccc2)N1C. The lowest BCUT2D eigenvalue weighted by atomic mass is 9.91. The molecule has 2 aliphatic heterocycles. The first kappa shape index (κ1) is 27.0. The van der Waals surface area contributed by atoms with Crippen LogP contribution in [-0.4, -0.2) is 55.7 Å². The van der Waals surface area contributed by atoms with Crippen LogP contribution in [0.15, 0.2) is 103 Å². The number of ether oxygens (including phenoxy) is 2. The Morgan fingerprint density at radius 3 is 1.87 bits per heavy atom. The predicted octanol–water partition coefficient (Wildman–Crippen LogP) is 6.67. The number of benzene rings is 3. The molecule has 39 heavy (non-hydrogen) atoms. The van der Waals surface area contributed by atoms with Gasteiger partial charge in [-0.15, -0.1) is 0 Å². The molecule has 0 unspecified atom stereocenters. The number of hydrogen-bond acceptors (Lipinski definition) is 5. The van der Waals surface area contributed by atoms with Crippen molar-refractivity contribution in [3.05, 3.63) is 120 Å². The summed E-state index contributed by atoms with van der Waals surface area (Å²) in [5, 5.41) is 0. The summed E-state index contributed by atoms with van der Waals surface area (Å²) in [4.78, 5) is 7.51. The third kappa shape index (κ3) is 5.47. The first-order valence-electron chi connectivity index (χ1n) is 14.0. The van der Waals surface area contributed by atoms with Crippen LogP contribution in [0, 0.1) is 5.92 Å². The van der Waals surface area contributed by atoms with E-state index < -0.39 is 0 Å². The molecule has 5 rings (SSSR count). The Kier molecular flexibility index (Phi) is 8.39. The lowest BCUT2D eigenvalue weighted by Crippen LogP contribution is -2.40. The highest BCUT2D eigenvalue weighted by Gasteiger charge is 2.47. The van der Waals surface area contributed by atoms with E-state index in [2.05, 4.69) is 127 Å². The quantitative estimate of drug-likeness (QED) is 0.312. The average molecular weight is 524 g/mol. The van der Waals surface area contributed by atoms with E-state index in [4.69, 9.17) is 9.47 Å². The zero-order valence-corrected chi connectivity index (χ0v) is 23.8. The molecule has 1 fully saturated rings. The fourth-order valence-electron chi connectivity index (χ4n) is 6.36. The molecule has 0 saturated carbocycles. The Hall–Kier alpha value is -3.54. The zero-order chi connectivity index (χ0) is 27.4. The van der Waals surface area contributed by atoms with Gasteiger partial charge in [-0.25, -0.2) is 0 Å². The molecule has 0 N–H and O–H groups in total. The Bertz CT molecular complexity index is 1240. The summed E-state index contributed by atoms with van der Waals surface area (Å²) in [6, 6.07) is 28.7. The van der Waals surface area contributed by atoms with E-state index in [1.807, 2.05) is 6.07 Å². The van der Waals surface area contributed by atoms with Gasteiger partial charge in [0, 0.05) is 24.9 Å². The van der Waals surface area contributed by atoms with E-state index >= 15 is 0 Å².